The normalized spacial score (nSPS) is 16.0. The largest absolute Gasteiger partial charge is 0.323 e. The van der Waals surface area contributed by atoms with Crippen molar-refractivity contribution in [3.8, 4) is 0 Å². The summed E-state index contributed by atoms with van der Waals surface area (Å²) < 4.78 is 28.3. The topological polar surface area (TPSA) is 50.9 Å². The molecule has 0 aliphatic heterocycles. The number of nitrogens with zero attached hydrogens (tertiary/aromatic N) is 1. The van der Waals surface area contributed by atoms with Gasteiger partial charge in [0.1, 0.15) is 17.2 Å². The Labute approximate surface area is 116 Å². The Hall–Kier alpha value is -1.75. The molecule has 3 N–H and O–H groups in total. The number of benzene rings is 1. The SMILES string of the molecule is Cc1cc(F)c2nc(C3CCCC3)cc(NN)c2c1F. The Morgan fingerprint density at radius 3 is 2.60 bits per heavy atom. The fourth-order valence-corrected chi connectivity index (χ4v) is 3.02. The van der Waals surface area contributed by atoms with Gasteiger partial charge in [0.2, 0.25) is 0 Å². The van der Waals surface area contributed by atoms with E-state index in [-0.39, 0.29) is 16.5 Å². The van der Waals surface area contributed by atoms with Crippen LogP contribution in [0.4, 0.5) is 14.5 Å². The Morgan fingerprint density at radius 1 is 1.25 bits per heavy atom. The van der Waals surface area contributed by atoms with Crippen molar-refractivity contribution < 1.29 is 8.78 Å². The molecule has 20 heavy (non-hydrogen) atoms. The average Bonchev–Trinajstić information content (AvgIpc) is 2.97. The Bertz CT molecular complexity index is 664. The third-order valence-electron chi connectivity index (χ3n) is 4.10. The van der Waals surface area contributed by atoms with E-state index in [1.54, 1.807) is 6.07 Å². The van der Waals surface area contributed by atoms with Crippen LogP contribution in [0.3, 0.4) is 0 Å². The molecule has 106 valence electrons. The van der Waals surface area contributed by atoms with E-state index in [0.717, 1.165) is 31.4 Å². The highest BCUT2D eigenvalue weighted by molar-refractivity contribution is 5.93. The molecule has 0 unspecified atom stereocenters. The second kappa shape index (κ2) is 4.98. The molecule has 0 amide bonds. The zero-order chi connectivity index (χ0) is 14.3. The molecule has 0 bridgehead atoms. The number of anilines is 1. The monoisotopic (exact) mass is 277 g/mol. The van der Waals surface area contributed by atoms with Crippen molar-refractivity contribution in [2.75, 3.05) is 5.43 Å². The number of nitrogens with one attached hydrogen (secondary N) is 1. The van der Waals surface area contributed by atoms with Gasteiger partial charge in [-0.2, -0.15) is 0 Å². The van der Waals surface area contributed by atoms with Crippen LogP contribution in [0.2, 0.25) is 0 Å². The first-order valence-corrected chi connectivity index (χ1v) is 6.87. The number of pyridine rings is 1. The zero-order valence-corrected chi connectivity index (χ0v) is 11.3. The van der Waals surface area contributed by atoms with Gasteiger partial charge in [0.15, 0.2) is 0 Å². The minimum absolute atomic E-state index is 0.0606. The van der Waals surface area contributed by atoms with Crippen LogP contribution in [-0.2, 0) is 0 Å². The van der Waals surface area contributed by atoms with Crippen LogP contribution in [0.25, 0.3) is 10.9 Å². The van der Waals surface area contributed by atoms with Gasteiger partial charge in [0.05, 0.1) is 11.1 Å². The average molecular weight is 277 g/mol. The highest BCUT2D eigenvalue weighted by Gasteiger charge is 2.22. The smallest absolute Gasteiger partial charge is 0.149 e. The minimum Gasteiger partial charge on any atom is -0.323 e. The van der Waals surface area contributed by atoms with E-state index in [2.05, 4.69) is 10.4 Å². The fourth-order valence-electron chi connectivity index (χ4n) is 3.02. The number of aromatic nitrogens is 1. The standard InChI is InChI=1S/C15H17F2N3/c1-8-6-10(16)15-13(14(8)17)12(20-18)7-11(19-15)9-4-2-3-5-9/h6-7,9H,2-5,18H2,1H3,(H,19,20). The number of halogens is 2. The number of nitrogen functional groups attached to an aromatic ring is 1. The summed E-state index contributed by atoms with van der Waals surface area (Å²) in [5.41, 5.74) is 3.99. The van der Waals surface area contributed by atoms with E-state index in [4.69, 9.17) is 5.84 Å². The van der Waals surface area contributed by atoms with Crippen molar-refractivity contribution in [2.24, 2.45) is 5.84 Å². The summed E-state index contributed by atoms with van der Waals surface area (Å²) in [5, 5.41) is 0.131. The van der Waals surface area contributed by atoms with Gasteiger partial charge >= 0.3 is 0 Å². The number of rotatable bonds is 2. The molecule has 1 aliphatic carbocycles. The predicted molar refractivity (Wildman–Crippen MR) is 75.4 cm³/mol. The molecule has 1 aliphatic rings. The Balaban J connectivity index is 2.28. The molecule has 0 saturated heterocycles. The van der Waals surface area contributed by atoms with Crippen molar-refractivity contribution in [2.45, 2.75) is 38.5 Å². The molecule has 1 aromatic carbocycles. The van der Waals surface area contributed by atoms with Gasteiger partial charge in [0, 0.05) is 11.6 Å². The third-order valence-corrected chi connectivity index (χ3v) is 4.10. The van der Waals surface area contributed by atoms with Crippen molar-refractivity contribution in [1.29, 1.82) is 0 Å². The third kappa shape index (κ3) is 2.02. The van der Waals surface area contributed by atoms with Crippen LogP contribution in [0, 0.1) is 18.6 Å². The second-order valence-electron chi connectivity index (χ2n) is 5.43. The molecule has 0 spiro atoms. The second-order valence-corrected chi connectivity index (χ2v) is 5.43. The molecule has 0 radical (unpaired) electrons. The molecule has 1 saturated carbocycles. The van der Waals surface area contributed by atoms with E-state index in [1.807, 2.05) is 0 Å². The van der Waals surface area contributed by atoms with Crippen LogP contribution >= 0.6 is 0 Å². The molecule has 1 heterocycles. The highest BCUT2D eigenvalue weighted by atomic mass is 19.1. The van der Waals surface area contributed by atoms with Crippen LogP contribution < -0.4 is 11.3 Å². The maximum atomic E-state index is 14.2. The van der Waals surface area contributed by atoms with Gasteiger partial charge < -0.3 is 5.43 Å². The molecule has 1 fully saturated rings. The lowest BCUT2D eigenvalue weighted by Gasteiger charge is -2.15. The van der Waals surface area contributed by atoms with Crippen LogP contribution in [-0.4, -0.2) is 4.98 Å². The fraction of sp³-hybridized carbons (Fsp3) is 0.400. The first-order chi connectivity index (χ1) is 9.61. The van der Waals surface area contributed by atoms with Crippen molar-refractivity contribution in [3.63, 3.8) is 0 Å². The highest BCUT2D eigenvalue weighted by Crippen LogP contribution is 2.37. The first-order valence-electron chi connectivity index (χ1n) is 6.87. The van der Waals surface area contributed by atoms with E-state index in [0.29, 0.717) is 11.6 Å². The molecule has 2 aromatic rings. The first kappa shape index (κ1) is 13.2. The predicted octanol–water partition coefficient (Wildman–Crippen LogP) is 3.76. The van der Waals surface area contributed by atoms with Gasteiger partial charge in [-0.15, -0.1) is 0 Å². The summed E-state index contributed by atoms with van der Waals surface area (Å²) in [6.07, 6.45) is 4.39. The van der Waals surface area contributed by atoms with Gasteiger partial charge in [-0.1, -0.05) is 12.8 Å². The van der Waals surface area contributed by atoms with Crippen molar-refractivity contribution in [3.05, 3.63) is 35.0 Å². The minimum atomic E-state index is -0.504. The summed E-state index contributed by atoms with van der Waals surface area (Å²) in [7, 11) is 0. The summed E-state index contributed by atoms with van der Waals surface area (Å²) in [6, 6.07) is 2.93. The number of hydrogen-bond acceptors (Lipinski definition) is 3. The van der Waals surface area contributed by atoms with E-state index in [1.165, 1.54) is 13.0 Å². The number of fused-ring (bicyclic) bond motifs is 1. The molecule has 3 rings (SSSR count). The van der Waals surface area contributed by atoms with Crippen LogP contribution in [0.15, 0.2) is 12.1 Å². The summed E-state index contributed by atoms with van der Waals surface area (Å²) in [6.45, 7) is 1.53. The molecule has 3 nitrogen and oxygen atoms in total. The van der Waals surface area contributed by atoms with Gasteiger partial charge in [-0.25, -0.2) is 13.8 Å². The van der Waals surface area contributed by atoms with E-state index < -0.39 is 11.6 Å². The summed E-state index contributed by atoms with van der Waals surface area (Å²) >= 11 is 0. The summed E-state index contributed by atoms with van der Waals surface area (Å²) in [4.78, 5) is 4.36. The number of aryl methyl sites for hydroxylation is 1. The van der Waals surface area contributed by atoms with Crippen LogP contribution in [0.5, 0.6) is 0 Å². The lowest BCUT2D eigenvalue weighted by atomic mass is 10.0. The quantitative estimate of drug-likeness (QED) is 0.649. The molecule has 1 aromatic heterocycles. The Morgan fingerprint density at radius 2 is 1.95 bits per heavy atom. The number of hydrazine groups is 1. The maximum absolute atomic E-state index is 14.2. The van der Waals surface area contributed by atoms with Crippen molar-refractivity contribution >= 4 is 16.6 Å². The number of nitrogens with two attached hydrogens (primary N) is 1. The maximum Gasteiger partial charge on any atom is 0.149 e. The molecule has 0 atom stereocenters. The molecular weight excluding hydrogens is 260 g/mol. The van der Waals surface area contributed by atoms with Crippen molar-refractivity contribution in [1.82, 2.24) is 4.98 Å². The van der Waals surface area contributed by atoms with E-state index >= 15 is 0 Å². The molecule has 5 heteroatoms. The summed E-state index contributed by atoms with van der Waals surface area (Å²) in [5.74, 6) is 4.82. The van der Waals surface area contributed by atoms with Gasteiger partial charge in [0.25, 0.3) is 0 Å². The number of hydrogen-bond donors (Lipinski definition) is 2. The van der Waals surface area contributed by atoms with Gasteiger partial charge in [-0.3, -0.25) is 5.84 Å². The van der Waals surface area contributed by atoms with Gasteiger partial charge in [-0.05, 0) is 37.5 Å². The van der Waals surface area contributed by atoms with Crippen LogP contribution in [0.1, 0.15) is 42.9 Å². The Kier molecular flexibility index (Phi) is 3.30. The lowest BCUT2D eigenvalue weighted by molar-refractivity contribution is 0.606. The molecular formula is C15H17F2N3. The lowest BCUT2D eigenvalue weighted by Crippen LogP contribution is -2.11. The zero-order valence-electron chi connectivity index (χ0n) is 11.3. The van der Waals surface area contributed by atoms with E-state index in [9.17, 15) is 8.78 Å².